The molecule has 1 N–H and O–H groups in total. The summed E-state index contributed by atoms with van der Waals surface area (Å²) in [4.78, 5) is 21.5. The summed E-state index contributed by atoms with van der Waals surface area (Å²) in [7, 11) is 0. The average molecular weight is 365 g/mol. The van der Waals surface area contributed by atoms with Gasteiger partial charge in [0.2, 0.25) is 5.91 Å². The minimum atomic E-state index is -0.888. The number of likely N-dealkylation sites (tertiary alicyclic amines) is 1. The van der Waals surface area contributed by atoms with Gasteiger partial charge in [-0.15, -0.1) is 0 Å². The van der Waals surface area contributed by atoms with Crippen LogP contribution in [0.15, 0.2) is 42.6 Å². The fourth-order valence-electron chi connectivity index (χ4n) is 4.29. The molecule has 1 fully saturated rings. The van der Waals surface area contributed by atoms with Crippen molar-refractivity contribution in [3.05, 3.63) is 59.4 Å². The second kappa shape index (κ2) is 7.06. The van der Waals surface area contributed by atoms with Crippen molar-refractivity contribution in [2.24, 2.45) is 0 Å². The van der Waals surface area contributed by atoms with Crippen molar-refractivity contribution in [3.63, 3.8) is 0 Å². The number of amides is 1. The van der Waals surface area contributed by atoms with Crippen LogP contribution in [0.2, 0.25) is 0 Å². The third kappa shape index (κ3) is 3.49. The molecule has 1 amide bonds. The molecule has 2 aliphatic rings. The number of para-hydroxylation sites is 1. The van der Waals surface area contributed by atoms with Gasteiger partial charge >= 0.3 is 0 Å². The number of anilines is 1. The maximum atomic E-state index is 13.0. The molecule has 0 radical (unpaired) electrons. The molecular weight excluding hydrogens is 338 g/mol. The molecule has 5 heteroatoms. The number of pyridine rings is 1. The highest BCUT2D eigenvalue weighted by molar-refractivity contribution is 5.97. The minimum Gasteiger partial charge on any atom is -0.383 e. The van der Waals surface area contributed by atoms with Gasteiger partial charge in [0.15, 0.2) is 0 Å². The predicted octanol–water partition coefficient (Wildman–Crippen LogP) is 2.65. The molecule has 5 nitrogen and oxygen atoms in total. The van der Waals surface area contributed by atoms with Gasteiger partial charge in [-0.2, -0.15) is 0 Å². The summed E-state index contributed by atoms with van der Waals surface area (Å²) in [5.74, 6) is 0.145. The third-order valence-electron chi connectivity index (χ3n) is 5.91. The largest absolute Gasteiger partial charge is 0.383 e. The molecule has 2 aromatic rings. The third-order valence-corrected chi connectivity index (χ3v) is 5.91. The van der Waals surface area contributed by atoms with Gasteiger partial charge in [-0.25, -0.2) is 0 Å². The Labute approximate surface area is 160 Å². The van der Waals surface area contributed by atoms with Crippen molar-refractivity contribution in [1.29, 1.82) is 0 Å². The van der Waals surface area contributed by atoms with E-state index in [1.54, 1.807) is 6.20 Å². The van der Waals surface area contributed by atoms with Crippen LogP contribution in [0.1, 0.15) is 36.6 Å². The van der Waals surface area contributed by atoms with E-state index in [1.165, 1.54) is 5.56 Å². The van der Waals surface area contributed by atoms with Crippen molar-refractivity contribution < 1.29 is 9.90 Å². The molecule has 1 aromatic heterocycles. The number of carbonyl (C=O) groups is 1. The quantitative estimate of drug-likeness (QED) is 0.909. The molecule has 2 aliphatic heterocycles. The second-order valence-electron chi connectivity index (χ2n) is 7.97. The Hall–Kier alpha value is -2.24. The Kier molecular flexibility index (Phi) is 4.74. The molecule has 1 saturated heterocycles. The minimum absolute atomic E-state index is 0.145. The van der Waals surface area contributed by atoms with Gasteiger partial charge in [-0.3, -0.25) is 14.7 Å². The van der Waals surface area contributed by atoms with E-state index in [4.69, 9.17) is 0 Å². The Morgan fingerprint density at radius 1 is 1.22 bits per heavy atom. The molecule has 1 atom stereocenters. The highest BCUT2D eigenvalue weighted by Crippen LogP contribution is 2.34. The molecule has 27 heavy (non-hydrogen) atoms. The summed E-state index contributed by atoms with van der Waals surface area (Å²) in [5.41, 5.74) is 3.23. The molecule has 1 unspecified atom stereocenters. The fourth-order valence-corrected chi connectivity index (χ4v) is 4.29. The Bertz CT molecular complexity index is 826. The molecule has 0 saturated carbocycles. The van der Waals surface area contributed by atoms with Crippen molar-refractivity contribution in [1.82, 2.24) is 9.88 Å². The summed E-state index contributed by atoms with van der Waals surface area (Å²) in [6, 6.07) is 12.3. The molecule has 4 rings (SSSR count). The van der Waals surface area contributed by atoms with Crippen LogP contribution in [-0.2, 0) is 16.8 Å². The van der Waals surface area contributed by atoms with E-state index in [1.807, 2.05) is 42.2 Å². The van der Waals surface area contributed by atoms with Crippen molar-refractivity contribution in [3.8, 4) is 0 Å². The topological polar surface area (TPSA) is 56.7 Å². The van der Waals surface area contributed by atoms with Gasteiger partial charge in [-0.05, 0) is 56.4 Å². The second-order valence-corrected chi connectivity index (χ2v) is 7.97. The molecule has 1 aromatic carbocycles. The zero-order chi connectivity index (χ0) is 19.0. The molecule has 142 valence electrons. The van der Waals surface area contributed by atoms with Crippen LogP contribution in [-0.4, -0.2) is 46.6 Å². The van der Waals surface area contributed by atoms with Crippen LogP contribution >= 0.6 is 0 Å². The van der Waals surface area contributed by atoms with E-state index in [2.05, 4.69) is 22.9 Å². The Morgan fingerprint density at radius 2 is 1.96 bits per heavy atom. The van der Waals surface area contributed by atoms with E-state index in [-0.39, 0.29) is 11.9 Å². The van der Waals surface area contributed by atoms with Crippen molar-refractivity contribution in [2.75, 3.05) is 24.5 Å². The lowest BCUT2D eigenvalue weighted by molar-refractivity contribution is -0.121. The number of aromatic nitrogens is 1. The number of aliphatic hydroxyl groups is 1. The SMILES string of the molecule is Cc1ccc(C2(O)CCN(CC(=O)N3c4ccccc4CC3C)CC2)nc1. The maximum absolute atomic E-state index is 13.0. The van der Waals surface area contributed by atoms with Gasteiger partial charge in [-0.1, -0.05) is 24.3 Å². The van der Waals surface area contributed by atoms with E-state index in [0.717, 1.165) is 23.4 Å². The van der Waals surface area contributed by atoms with Crippen LogP contribution < -0.4 is 4.90 Å². The summed E-state index contributed by atoms with van der Waals surface area (Å²) < 4.78 is 0. The van der Waals surface area contributed by atoms with Crippen molar-refractivity contribution in [2.45, 2.75) is 44.8 Å². The summed E-state index contributed by atoms with van der Waals surface area (Å²) in [5, 5.41) is 11.0. The van der Waals surface area contributed by atoms with E-state index in [0.29, 0.717) is 32.5 Å². The number of fused-ring (bicyclic) bond motifs is 1. The predicted molar refractivity (Wildman–Crippen MR) is 106 cm³/mol. The molecule has 0 spiro atoms. The van der Waals surface area contributed by atoms with E-state index >= 15 is 0 Å². The maximum Gasteiger partial charge on any atom is 0.241 e. The lowest BCUT2D eigenvalue weighted by Crippen LogP contribution is -2.48. The van der Waals surface area contributed by atoms with Gasteiger partial charge in [0.1, 0.15) is 5.60 Å². The summed E-state index contributed by atoms with van der Waals surface area (Å²) in [6.07, 6.45) is 3.92. The Morgan fingerprint density at radius 3 is 2.67 bits per heavy atom. The first-order chi connectivity index (χ1) is 13.0. The van der Waals surface area contributed by atoms with Gasteiger partial charge in [0.05, 0.1) is 12.2 Å². The highest BCUT2D eigenvalue weighted by Gasteiger charge is 2.37. The zero-order valence-electron chi connectivity index (χ0n) is 16.1. The van der Waals surface area contributed by atoms with Crippen LogP contribution in [0.3, 0.4) is 0 Å². The number of hydrogen-bond acceptors (Lipinski definition) is 4. The zero-order valence-corrected chi connectivity index (χ0v) is 16.1. The first-order valence-corrected chi connectivity index (χ1v) is 9.74. The number of hydrogen-bond donors (Lipinski definition) is 1. The molecular formula is C22H27N3O2. The molecule has 0 bridgehead atoms. The first kappa shape index (κ1) is 18.1. The van der Waals surface area contributed by atoms with Gasteiger partial charge in [0, 0.05) is 31.0 Å². The van der Waals surface area contributed by atoms with Crippen LogP contribution in [0, 0.1) is 6.92 Å². The highest BCUT2D eigenvalue weighted by atomic mass is 16.3. The lowest BCUT2D eigenvalue weighted by Gasteiger charge is -2.38. The van der Waals surface area contributed by atoms with Crippen LogP contribution in [0.25, 0.3) is 0 Å². The monoisotopic (exact) mass is 365 g/mol. The average Bonchev–Trinajstić information content (AvgIpc) is 3.00. The van der Waals surface area contributed by atoms with E-state index in [9.17, 15) is 9.90 Å². The summed E-state index contributed by atoms with van der Waals surface area (Å²) >= 11 is 0. The normalized spacial score (nSPS) is 21.9. The lowest BCUT2D eigenvalue weighted by atomic mass is 9.87. The number of carbonyl (C=O) groups excluding carboxylic acids is 1. The van der Waals surface area contributed by atoms with Gasteiger partial charge in [0.25, 0.3) is 0 Å². The van der Waals surface area contributed by atoms with Crippen molar-refractivity contribution >= 4 is 11.6 Å². The first-order valence-electron chi connectivity index (χ1n) is 9.74. The fraction of sp³-hybridized carbons (Fsp3) is 0.455. The van der Waals surface area contributed by atoms with Crippen LogP contribution in [0.4, 0.5) is 5.69 Å². The molecule has 0 aliphatic carbocycles. The van der Waals surface area contributed by atoms with E-state index < -0.39 is 5.60 Å². The Balaban J connectivity index is 1.39. The standard InChI is InChI=1S/C22H27N3O2/c1-16-7-8-20(23-14-16)22(27)9-11-24(12-10-22)15-21(26)25-17(2)13-18-5-3-4-6-19(18)25/h3-8,14,17,27H,9-13,15H2,1-2H3. The number of piperidine rings is 1. The van der Waals surface area contributed by atoms with Gasteiger partial charge < -0.3 is 10.0 Å². The summed E-state index contributed by atoms with van der Waals surface area (Å²) in [6.45, 7) is 5.89. The number of rotatable bonds is 3. The number of nitrogens with zero attached hydrogens (tertiary/aromatic N) is 3. The van der Waals surface area contributed by atoms with Crippen LogP contribution in [0.5, 0.6) is 0 Å². The smallest absolute Gasteiger partial charge is 0.241 e. The molecule has 3 heterocycles. The number of aryl methyl sites for hydroxylation is 1. The number of benzene rings is 1.